The number of hydrogen-bond acceptors (Lipinski definition) is 4. The number of hydrogen-bond donors (Lipinski definition) is 2. The molecule has 1 unspecified atom stereocenters. The fourth-order valence-corrected chi connectivity index (χ4v) is 3.84. The summed E-state index contributed by atoms with van der Waals surface area (Å²) >= 11 is 1.89. The zero-order valence-electron chi connectivity index (χ0n) is 15.5. The van der Waals surface area contributed by atoms with Gasteiger partial charge in [-0.25, -0.2) is 0 Å². The molecule has 1 atom stereocenters. The van der Waals surface area contributed by atoms with E-state index in [9.17, 15) is 0 Å². The van der Waals surface area contributed by atoms with Crippen LogP contribution in [0.3, 0.4) is 0 Å². The Labute approximate surface area is 150 Å². The highest BCUT2D eigenvalue weighted by atomic mass is 32.1. The van der Waals surface area contributed by atoms with Crippen molar-refractivity contribution in [3.05, 3.63) is 21.9 Å². The van der Waals surface area contributed by atoms with E-state index in [1.165, 1.54) is 9.75 Å². The van der Waals surface area contributed by atoms with Crippen molar-refractivity contribution in [3.8, 4) is 0 Å². The van der Waals surface area contributed by atoms with Crippen molar-refractivity contribution in [2.45, 2.75) is 33.2 Å². The number of aliphatic imine (C=N–C) groups is 1. The van der Waals surface area contributed by atoms with E-state index in [4.69, 9.17) is 4.74 Å². The molecule has 0 saturated carbocycles. The molecule has 2 N–H and O–H groups in total. The first-order chi connectivity index (χ1) is 11.6. The van der Waals surface area contributed by atoms with Crippen LogP contribution in [0.15, 0.2) is 17.1 Å². The van der Waals surface area contributed by atoms with E-state index in [0.29, 0.717) is 12.0 Å². The molecule has 5 nitrogen and oxygen atoms in total. The molecule has 0 radical (unpaired) electrons. The summed E-state index contributed by atoms with van der Waals surface area (Å²) in [5.74, 6) is 1.59. The molecular weight excluding hydrogens is 320 g/mol. The number of nitrogens with one attached hydrogen (secondary N) is 2. The first kappa shape index (κ1) is 19.2. The average molecular weight is 353 g/mol. The van der Waals surface area contributed by atoms with Crippen LogP contribution in [0.2, 0.25) is 0 Å². The molecule has 1 aromatic heterocycles. The predicted molar refractivity (Wildman–Crippen MR) is 103 cm³/mol. The van der Waals surface area contributed by atoms with Crippen molar-refractivity contribution in [3.63, 3.8) is 0 Å². The van der Waals surface area contributed by atoms with E-state index in [1.807, 2.05) is 18.4 Å². The summed E-state index contributed by atoms with van der Waals surface area (Å²) in [6, 6.07) is 4.84. The van der Waals surface area contributed by atoms with Crippen LogP contribution in [0, 0.1) is 12.8 Å². The number of rotatable bonds is 7. The molecule has 1 fully saturated rings. The van der Waals surface area contributed by atoms with Crippen LogP contribution >= 0.6 is 11.3 Å². The molecule has 1 aromatic rings. The summed E-state index contributed by atoms with van der Waals surface area (Å²) < 4.78 is 5.52. The molecule has 0 aliphatic carbocycles. The smallest absolute Gasteiger partial charge is 0.191 e. The van der Waals surface area contributed by atoms with Crippen LogP contribution in [0.5, 0.6) is 0 Å². The Morgan fingerprint density at radius 3 is 2.62 bits per heavy atom. The van der Waals surface area contributed by atoms with Gasteiger partial charge in [0.05, 0.1) is 19.3 Å². The molecule has 0 spiro atoms. The molecule has 136 valence electrons. The Morgan fingerprint density at radius 1 is 1.29 bits per heavy atom. The standard InChI is InChI=1S/C18H32N4OS/c1-14(2)7-8-20-18(19-4)21-13-16(17-6-5-15(3)24-17)22-9-11-23-12-10-22/h5-6,14,16H,7-13H2,1-4H3,(H2,19,20,21). The third kappa shape index (κ3) is 6.07. The number of thiophene rings is 1. The maximum atomic E-state index is 5.52. The molecule has 24 heavy (non-hydrogen) atoms. The minimum atomic E-state index is 0.372. The van der Waals surface area contributed by atoms with E-state index in [1.54, 1.807) is 0 Å². The van der Waals surface area contributed by atoms with E-state index < -0.39 is 0 Å². The Bertz CT molecular complexity index is 509. The summed E-state index contributed by atoms with van der Waals surface area (Å²) in [6.07, 6.45) is 1.15. The van der Waals surface area contributed by atoms with Gasteiger partial charge < -0.3 is 15.4 Å². The summed E-state index contributed by atoms with van der Waals surface area (Å²) in [6.45, 7) is 12.1. The topological polar surface area (TPSA) is 48.9 Å². The van der Waals surface area contributed by atoms with E-state index in [-0.39, 0.29) is 0 Å². The molecule has 2 heterocycles. The zero-order valence-corrected chi connectivity index (χ0v) is 16.3. The minimum absolute atomic E-state index is 0.372. The highest BCUT2D eigenvalue weighted by Gasteiger charge is 2.24. The molecule has 1 aliphatic rings. The molecule has 1 saturated heterocycles. The molecule has 1 aliphatic heterocycles. The SMILES string of the molecule is CN=C(NCCC(C)C)NCC(c1ccc(C)s1)N1CCOCC1. The molecule has 0 aromatic carbocycles. The average Bonchev–Trinajstić information content (AvgIpc) is 3.00. The molecule has 0 bridgehead atoms. The summed E-state index contributed by atoms with van der Waals surface area (Å²) in [5.41, 5.74) is 0. The Kier molecular flexibility index (Phi) is 8.02. The number of aryl methyl sites for hydroxylation is 1. The lowest BCUT2D eigenvalue weighted by Crippen LogP contribution is -2.46. The van der Waals surface area contributed by atoms with Crippen LogP contribution in [-0.4, -0.2) is 57.3 Å². The maximum absolute atomic E-state index is 5.52. The highest BCUT2D eigenvalue weighted by Crippen LogP contribution is 2.27. The lowest BCUT2D eigenvalue weighted by Gasteiger charge is -2.34. The summed E-state index contributed by atoms with van der Waals surface area (Å²) in [7, 11) is 1.84. The molecule has 0 amide bonds. The lowest BCUT2D eigenvalue weighted by atomic mass is 10.1. The van der Waals surface area contributed by atoms with Gasteiger partial charge in [-0.05, 0) is 31.4 Å². The highest BCUT2D eigenvalue weighted by molar-refractivity contribution is 7.12. The van der Waals surface area contributed by atoms with E-state index in [2.05, 4.69) is 53.4 Å². The van der Waals surface area contributed by atoms with Crippen molar-refractivity contribution in [2.24, 2.45) is 10.9 Å². The van der Waals surface area contributed by atoms with Gasteiger partial charge in [0.1, 0.15) is 0 Å². The number of ether oxygens (including phenoxy) is 1. The lowest BCUT2D eigenvalue weighted by molar-refractivity contribution is 0.0177. The molecular formula is C18H32N4OS. The van der Waals surface area contributed by atoms with Gasteiger partial charge >= 0.3 is 0 Å². The summed E-state index contributed by atoms with van der Waals surface area (Å²) in [5, 5.41) is 6.93. The third-order valence-corrected chi connectivity index (χ3v) is 5.38. The van der Waals surface area contributed by atoms with Crippen molar-refractivity contribution in [2.75, 3.05) is 46.4 Å². The third-order valence-electron chi connectivity index (χ3n) is 4.28. The quantitative estimate of drug-likeness (QED) is 0.585. The van der Waals surface area contributed by atoms with Crippen molar-refractivity contribution >= 4 is 17.3 Å². The molecule has 2 rings (SSSR count). The van der Waals surface area contributed by atoms with Crippen LogP contribution in [0.4, 0.5) is 0 Å². The summed E-state index contributed by atoms with van der Waals surface area (Å²) in [4.78, 5) is 9.65. The van der Waals surface area contributed by atoms with Gasteiger partial charge in [-0.3, -0.25) is 9.89 Å². The van der Waals surface area contributed by atoms with Crippen LogP contribution in [0.1, 0.15) is 36.1 Å². The van der Waals surface area contributed by atoms with Gasteiger partial charge in [0.2, 0.25) is 0 Å². The zero-order chi connectivity index (χ0) is 17.4. The van der Waals surface area contributed by atoms with E-state index in [0.717, 1.165) is 51.8 Å². The Balaban J connectivity index is 1.94. The second-order valence-corrected chi connectivity index (χ2v) is 7.99. The number of nitrogens with zero attached hydrogens (tertiary/aromatic N) is 2. The largest absolute Gasteiger partial charge is 0.379 e. The van der Waals surface area contributed by atoms with Gasteiger partial charge in [-0.2, -0.15) is 0 Å². The predicted octanol–water partition coefficient (Wildman–Crippen LogP) is 2.64. The van der Waals surface area contributed by atoms with Crippen molar-refractivity contribution in [1.82, 2.24) is 15.5 Å². The van der Waals surface area contributed by atoms with Gasteiger partial charge in [-0.15, -0.1) is 11.3 Å². The normalized spacial score (nSPS) is 18.0. The number of guanidine groups is 1. The van der Waals surface area contributed by atoms with Gasteiger partial charge in [-0.1, -0.05) is 13.8 Å². The molecule has 6 heteroatoms. The minimum Gasteiger partial charge on any atom is -0.379 e. The first-order valence-electron chi connectivity index (χ1n) is 8.92. The van der Waals surface area contributed by atoms with Crippen molar-refractivity contribution < 1.29 is 4.74 Å². The van der Waals surface area contributed by atoms with Crippen LogP contribution < -0.4 is 10.6 Å². The monoisotopic (exact) mass is 352 g/mol. The van der Waals surface area contributed by atoms with Crippen LogP contribution in [-0.2, 0) is 4.74 Å². The van der Waals surface area contributed by atoms with Gasteiger partial charge in [0.15, 0.2) is 5.96 Å². The fourth-order valence-electron chi connectivity index (χ4n) is 2.82. The first-order valence-corrected chi connectivity index (χ1v) is 9.74. The second-order valence-electron chi connectivity index (χ2n) is 6.67. The Hall–Kier alpha value is -1.11. The Morgan fingerprint density at radius 2 is 2.04 bits per heavy atom. The van der Waals surface area contributed by atoms with E-state index >= 15 is 0 Å². The van der Waals surface area contributed by atoms with Gasteiger partial charge in [0, 0.05) is 43.0 Å². The maximum Gasteiger partial charge on any atom is 0.191 e. The van der Waals surface area contributed by atoms with Crippen LogP contribution in [0.25, 0.3) is 0 Å². The van der Waals surface area contributed by atoms with Crippen molar-refractivity contribution in [1.29, 1.82) is 0 Å². The van der Waals surface area contributed by atoms with Gasteiger partial charge in [0.25, 0.3) is 0 Å². The number of morpholine rings is 1. The fraction of sp³-hybridized carbons (Fsp3) is 0.722. The second kappa shape index (κ2) is 10.0.